The molecule has 0 spiro atoms. The third-order valence-corrected chi connectivity index (χ3v) is 4.46. The van der Waals surface area contributed by atoms with Crippen LogP contribution in [0.25, 0.3) is 0 Å². The molecule has 1 aromatic carbocycles. The Balaban J connectivity index is 2.12. The molecule has 4 nitrogen and oxygen atoms in total. The van der Waals surface area contributed by atoms with Gasteiger partial charge in [0.15, 0.2) is 0 Å². The van der Waals surface area contributed by atoms with Gasteiger partial charge in [-0.1, -0.05) is 55.0 Å². The minimum absolute atomic E-state index is 0.00805. The fraction of sp³-hybridized carbons (Fsp3) is 0.600. The summed E-state index contributed by atoms with van der Waals surface area (Å²) in [6, 6.07) is 2.21. The van der Waals surface area contributed by atoms with Crippen molar-refractivity contribution in [1.29, 1.82) is 0 Å². The van der Waals surface area contributed by atoms with Crippen LogP contribution in [-0.2, 0) is 25.7 Å². The van der Waals surface area contributed by atoms with Crippen LogP contribution in [0.3, 0.4) is 0 Å². The molecule has 0 unspecified atom stereocenters. The number of unbranched alkanes of at least 4 members (excludes halogenated alkanes) is 5. The highest BCUT2D eigenvalue weighted by Crippen LogP contribution is 2.20. The summed E-state index contributed by atoms with van der Waals surface area (Å²) in [7, 11) is 0. The van der Waals surface area contributed by atoms with Crippen LogP contribution in [0.4, 0.5) is 8.78 Å². The van der Waals surface area contributed by atoms with E-state index in [4.69, 9.17) is 9.47 Å². The molecule has 0 N–H and O–H groups in total. The van der Waals surface area contributed by atoms with Gasteiger partial charge in [0.1, 0.15) is 18.2 Å². The molecule has 0 atom stereocenters. The van der Waals surface area contributed by atoms with Crippen molar-refractivity contribution in [2.75, 3.05) is 6.61 Å². The number of rotatable bonds is 13. The van der Waals surface area contributed by atoms with E-state index >= 15 is 0 Å². The molecule has 0 saturated heterocycles. The van der Waals surface area contributed by atoms with Crippen LogP contribution in [0.2, 0.25) is 0 Å². The Kier molecular flexibility index (Phi) is 11.9. The summed E-state index contributed by atoms with van der Waals surface area (Å²) in [5, 5.41) is 0. The summed E-state index contributed by atoms with van der Waals surface area (Å²) >= 11 is 2.98. The van der Waals surface area contributed by atoms with E-state index in [0.29, 0.717) is 6.61 Å². The van der Waals surface area contributed by atoms with E-state index in [1.165, 1.54) is 19.3 Å². The third kappa shape index (κ3) is 10.4. The van der Waals surface area contributed by atoms with Crippen LogP contribution in [0, 0.1) is 11.6 Å². The maximum atomic E-state index is 13.6. The second-order valence-electron chi connectivity index (χ2n) is 6.35. The van der Waals surface area contributed by atoms with E-state index in [9.17, 15) is 18.4 Å². The topological polar surface area (TPSA) is 52.6 Å². The first-order valence-electron chi connectivity index (χ1n) is 9.38. The van der Waals surface area contributed by atoms with Crippen molar-refractivity contribution in [2.45, 2.75) is 71.3 Å². The molecule has 0 amide bonds. The summed E-state index contributed by atoms with van der Waals surface area (Å²) in [6.07, 6.45) is 7.07. The van der Waals surface area contributed by atoms with Crippen molar-refractivity contribution in [3.63, 3.8) is 0 Å². The first kappa shape index (κ1) is 23.5. The fourth-order valence-corrected chi connectivity index (χ4v) is 2.85. The van der Waals surface area contributed by atoms with E-state index in [1.807, 2.05) is 0 Å². The number of hydrogen-bond acceptors (Lipinski definition) is 4. The first-order valence-corrected chi connectivity index (χ1v) is 10.2. The van der Waals surface area contributed by atoms with Crippen molar-refractivity contribution in [3.8, 4) is 0 Å². The summed E-state index contributed by atoms with van der Waals surface area (Å²) < 4.78 is 37.5. The Labute approximate surface area is 167 Å². The standard InChI is InChI=1S/C20H27BrF2O4/c1-2-3-4-5-6-7-11-26-19(24)9-8-10-20(25)27-14-16-17(22)12-15(21)13-18(16)23/h12-13H,2-11,14H2,1H3. The Morgan fingerprint density at radius 2 is 1.44 bits per heavy atom. The average molecular weight is 449 g/mol. The lowest BCUT2D eigenvalue weighted by Crippen LogP contribution is -2.10. The highest BCUT2D eigenvalue weighted by Gasteiger charge is 2.13. The van der Waals surface area contributed by atoms with Crippen molar-refractivity contribution in [3.05, 3.63) is 33.8 Å². The molecule has 0 aromatic heterocycles. The van der Waals surface area contributed by atoms with Gasteiger partial charge in [-0.2, -0.15) is 0 Å². The molecule has 0 bridgehead atoms. The van der Waals surface area contributed by atoms with Crippen LogP contribution in [-0.4, -0.2) is 18.5 Å². The molecule has 0 aliphatic carbocycles. The lowest BCUT2D eigenvalue weighted by molar-refractivity contribution is -0.146. The summed E-state index contributed by atoms with van der Waals surface area (Å²) in [6.45, 7) is 2.08. The fourth-order valence-electron chi connectivity index (χ4n) is 2.45. The van der Waals surface area contributed by atoms with Crippen LogP contribution >= 0.6 is 15.9 Å². The van der Waals surface area contributed by atoms with E-state index in [0.717, 1.165) is 31.4 Å². The van der Waals surface area contributed by atoms with Crippen LogP contribution in [0.1, 0.15) is 70.3 Å². The molecule has 1 rings (SSSR count). The molecular weight excluding hydrogens is 422 g/mol. The van der Waals surface area contributed by atoms with Crippen molar-refractivity contribution < 1.29 is 27.8 Å². The Morgan fingerprint density at radius 1 is 0.889 bits per heavy atom. The molecule has 27 heavy (non-hydrogen) atoms. The Morgan fingerprint density at radius 3 is 2.07 bits per heavy atom. The number of benzene rings is 1. The summed E-state index contributed by atoms with van der Waals surface area (Å²) in [4.78, 5) is 23.2. The van der Waals surface area contributed by atoms with Crippen LogP contribution in [0.15, 0.2) is 16.6 Å². The molecule has 152 valence electrons. The molecule has 0 saturated carbocycles. The van der Waals surface area contributed by atoms with Gasteiger partial charge in [0, 0.05) is 17.3 Å². The molecule has 0 aliphatic rings. The van der Waals surface area contributed by atoms with Gasteiger partial charge >= 0.3 is 11.9 Å². The van der Waals surface area contributed by atoms with Crippen molar-refractivity contribution >= 4 is 27.9 Å². The lowest BCUT2D eigenvalue weighted by Gasteiger charge is -2.08. The second kappa shape index (κ2) is 13.6. The number of ether oxygens (including phenoxy) is 2. The van der Waals surface area contributed by atoms with E-state index < -0.39 is 24.2 Å². The van der Waals surface area contributed by atoms with Gasteiger partial charge in [-0.05, 0) is 25.0 Å². The van der Waals surface area contributed by atoms with Gasteiger partial charge in [-0.15, -0.1) is 0 Å². The smallest absolute Gasteiger partial charge is 0.306 e. The Bertz CT molecular complexity index is 585. The minimum atomic E-state index is -0.784. The van der Waals surface area contributed by atoms with E-state index in [1.54, 1.807) is 0 Å². The number of hydrogen-bond donors (Lipinski definition) is 0. The highest BCUT2D eigenvalue weighted by molar-refractivity contribution is 9.10. The number of carbonyl (C=O) groups is 2. The normalized spacial score (nSPS) is 10.7. The minimum Gasteiger partial charge on any atom is -0.466 e. The maximum Gasteiger partial charge on any atom is 0.306 e. The third-order valence-electron chi connectivity index (χ3n) is 4.01. The zero-order valence-corrected chi connectivity index (χ0v) is 17.3. The molecule has 0 aliphatic heterocycles. The van der Waals surface area contributed by atoms with Gasteiger partial charge in [0.2, 0.25) is 0 Å². The predicted molar refractivity (Wildman–Crippen MR) is 102 cm³/mol. The lowest BCUT2D eigenvalue weighted by atomic mass is 10.1. The largest absolute Gasteiger partial charge is 0.466 e. The zero-order valence-electron chi connectivity index (χ0n) is 15.7. The average Bonchev–Trinajstić information content (AvgIpc) is 2.60. The zero-order chi connectivity index (χ0) is 20.1. The highest BCUT2D eigenvalue weighted by atomic mass is 79.9. The van der Waals surface area contributed by atoms with Crippen LogP contribution < -0.4 is 0 Å². The summed E-state index contributed by atoms with van der Waals surface area (Å²) in [5.41, 5.74) is -0.301. The van der Waals surface area contributed by atoms with E-state index in [-0.39, 0.29) is 35.3 Å². The van der Waals surface area contributed by atoms with Gasteiger partial charge in [0.25, 0.3) is 0 Å². The predicted octanol–water partition coefficient (Wildman–Crippen LogP) is 5.84. The van der Waals surface area contributed by atoms with Gasteiger partial charge in [0.05, 0.1) is 12.2 Å². The summed E-state index contributed by atoms with van der Waals surface area (Å²) in [5.74, 6) is -2.53. The van der Waals surface area contributed by atoms with E-state index in [2.05, 4.69) is 22.9 Å². The molecular formula is C20H27BrF2O4. The Hall–Kier alpha value is -1.50. The van der Waals surface area contributed by atoms with Gasteiger partial charge in [-0.3, -0.25) is 9.59 Å². The SMILES string of the molecule is CCCCCCCCOC(=O)CCCC(=O)OCc1c(F)cc(Br)cc1F. The number of carbonyl (C=O) groups excluding carboxylic acids is 2. The monoisotopic (exact) mass is 448 g/mol. The molecule has 7 heteroatoms. The second-order valence-corrected chi connectivity index (χ2v) is 7.27. The van der Waals surface area contributed by atoms with Gasteiger partial charge in [-0.25, -0.2) is 8.78 Å². The molecule has 0 fully saturated rings. The van der Waals surface area contributed by atoms with Crippen molar-refractivity contribution in [2.24, 2.45) is 0 Å². The first-order chi connectivity index (χ1) is 12.9. The van der Waals surface area contributed by atoms with Crippen LogP contribution in [0.5, 0.6) is 0 Å². The molecule has 0 radical (unpaired) electrons. The quantitative estimate of drug-likeness (QED) is 0.280. The van der Waals surface area contributed by atoms with Gasteiger partial charge < -0.3 is 9.47 Å². The number of halogens is 3. The molecule has 0 heterocycles. The molecule has 1 aromatic rings. The van der Waals surface area contributed by atoms with Crippen molar-refractivity contribution in [1.82, 2.24) is 0 Å². The maximum absolute atomic E-state index is 13.6. The number of esters is 2.